The first-order chi connectivity index (χ1) is 11.8. The van der Waals surface area contributed by atoms with Gasteiger partial charge in [0.15, 0.2) is 11.5 Å². The Morgan fingerprint density at radius 1 is 1.04 bits per heavy atom. The van der Waals surface area contributed by atoms with Crippen LogP contribution in [0.3, 0.4) is 0 Å². The monoisotopic (exact) mass is 334 g/mol. The number of ether oxygens (including phenoxy) is 3. The van der Waals surface area contributed by atoms with Crippen LogP contribution >= 0.6 is 0 Å². The zero-order valence-corrected chi connectivity index (χ0v) is 15.1. The molecule has 1 heterocycles. The first kappa shape index (κ1) is 18.6. The van der Waals surface area contributed by atoms with Crippen LogP contribution in [-0.4, -0.2) is 59.0 Å². The molecule has 24 heavy (non-hydrogen) atoms. The van der Waals surface area contributed by atoms with Crippen LogP contribution in [0.25, 0.3) is 6.08 Å². The molecule has 0 saturated carbocycles. The topological polar surface area (TPSA) is 43.0 Å². The van der Waals surface area contributed by atoms with Gasteiger partial charge in [0.2, 0.25) is 5.75 Å². The molecule has 2 rings (SSSR count). The summed E-state index contributed by atoms with van der Waals surface area (Å²) in [7, 11) is 4.90. The second kappa shape index (κ2) is 10.2. The minimum Gasteiger partial charge on any atom is -0.493 e. The van der Waals surface area contributed by atoms with E-state index in [0.29, 0.717) is 17.2 Å². The Balaban J connectivity index is 1.87. The van der Waals surface area contributed by atoms with Crippen molar-refractivity contribution in [1.29, 1.82) is 0 Å². The minimum absolute atomic E-state index is 0.631. The first-order valence-corrected chi connectivity index (χ1v) is 8.68. The molecule has 1 fully saturated rings. The maximum atomic E-state index is 5.39. The van der Waals surface area contributed by atoms with Crippen molar-refractivity contribution in [3.8, 4) is 17.2 Å². The summed E-state index contributed by atoms with van der Waals surface area (Å²) in [6, 6.07) is 3.94. The van der Waals surface area contributed by atoms with E-state index in [1.54, 1.807) is 21.3 Å². The Kier molecular flexibility index (Phi) is 7.92. The van der Waals surface area contributed by atoms with Gasteiger partial charge in [-0.25, -0.2) is 0 Å². The molecule has 0 aliphatic carbocycles. The van der Waals surface area contributed by atoms with Gasteiger partial charge in [-0.1, -0.05) is 12.2 Å². The fraction of sp³-hybridized carbons (Fsp3) is 0.579. The number of benzene rings is 1. The van der Waals surface area contributed by atoms with Gasteiger partial charge in [-0.15, -0.1) is 0 Å². The first-order valence-electron chi connectivity index (χ1n) is 8.68. The van der Waals surface area contributed by atoms with Gasteiger partial charge in [0.05, 0.1) is 21.3 Å². The molecule has 0 unspecified atom stereocenters. The van der Waals surface area contributed by atoms with Crippen molar-refractivity contribution >= 4 is 6.08 Å². The van der Waals surface area contributed by atoms with Crippen molar-refractivity contribution in [3.63, 3.8) is 0 Å². The molecule has 0 bridgehead atoms. The third kappa shape index (κ3) is 5.42. The molecule has 1 N–H and O–H groups in total. The Labute approximate surface area is 145 Å². The third-order valence-corrected chi connectivity index (χ3v) is 4.28. The summed E-state index contributed by atoms with van der Waals surface area (Å²) in [5, 5.41) is 3.44. The number of rotatable bonds is 8. The second-order valence-corrected chi connectivity index (χ2v) is 5.95. The Morgan fingerprint density at radius 2 is 1.79 bits per heavy atom. The molecule has 0 aromatic heterocycles. The van der Waals surface area contributed by atoms with E-state index >= 15 is 0 Å². The molecule has 1 aliphatic rings. The summed E-state index contributed by atoms with van der Waals surface area (Å²) < 4.78 is 16.1. The number of unbranched alkanes of at least 4 members (excludes halogenated alkanes) is 1. The van der Waals surface area contributed by atoms with E-state index in [1.165, 1.54) is 25.9 Å². The quantitative estimate of drug-likeness (QED) is 0.741. The molecule has 1 saturated heterocycles. The van der Waals surface area contributed by atoms with Gasteiger partial charge >= 0.3 is 0 Å². The van der Waals surface area contributed by atoms with Crippen LogP contribution in [0, 0.1) is 0 Å². The van der Waals surface area contributed by atoms with Crippen LogP contribution in [0.2, 0.25) is 0 Å². The Hall–Kier alpha value is -1.72. The van der Waals surface area contributed by atoms with Crippen molar-refractivity contribution in [3.05, 3.63) is 23.8 Å². The molecule has 0 spiro atoms. The summed E-state index contributed by atoms with van der Waals surface area (Å²) in [4.78, 5) is 2.55. The van der Waals surface area contributed by atoms with Crippen LogP contribution in [0.15, 0.2) is 18.2 Å². The highest BCUT2D eigenvalue weighted by atomic mass is 16.5. The largest absolute Gasteiger partial charge is 0.493 e. The molecule has 1 aromatic rings. The highest BCUT2D eigenvalue weighted by Crippen LogP contribution is 2.38. The van der Waals surface area contributed by atoms with Crippen molar-refractivity contribution in [2.45, 2.75) is 19.3 Å². The normalized spacial score (nSPS) is 16.1. The van der Waals surface area contributed by atoms with Crippen molar-refractivity contribution < 1.29 is 14.2 Å². The zero-order valence-electron chi connectivity index (χ0n) is 15.1. The molecule has 0 atom stereocenters. The number of methoxy groups -OCH3 is 3. The van der Waals surface area contributed by atoms with Crippen molar-refractivity contribution in [2.24, 2.45) is 0 Å². The van der Waals surface area contributed by atoms with Crippen LogP contribution < -0.4 is 19.5 Å². The SMILES string of the molecule is COc1cc(C=CCCCN2CCCNCC2)cc(OC)c1OC. The number of hydrogen-bond acceptors (Lipinski definition) is 5. The van der Waals surface area contributed by atoms with E-state index in [-0.39, 0.29) is 0 Å². The van der Waals surface area contributed by atoms with Crippen LogP contribution in [0.4, 0.5) is 0 Å². The maximum Gasteiger partial charge on any atom is 0.203 e. The molecule has 1 aliphatic heterocycles. The highest BCUT2D eigenvalue weighted by molar-refractivity contribution is 5.62. The molecular weight excluding hydrogens is 304 g/mol. The minimum atomic E-state index is 0.631. The predicted octanol–water partition coefficient (Wildman–Crippen LogP) is 2.80. The van der Waals surface area contributed by atoms with Crippen LogP contribution in [0.1, 0.15) is 24.8 Å². The summed E-state index contributed by atoms with van der Waals surface area (Å²) >= 11 is 0. The van der Waals surface area contributed by atoms with Crippen molar-refractivity contribution in [2.75, 3.05) is 54.1 Å². The number of nitrogens with zero attached hydrogens (tertiary/aromatic N) is 1. The van der Waals surface area contributed by atoms with E-state index in [4.69, 9.17) is 14.2 Å². The lowest BCUT2D eigenvalue weighted by atomic mass is 10.1. The average Bonchev–Trinajstić information content (AvgIpc) is 2.89. The lowest BCUT2D eigenvalue weighted by molar-refractivity contribution is 0.289. The zero-order chi connectivity index (χ0) is 17.2. The smallest absolute Gasteiger partial charge is 0.203 e. The van der Waals surface area contributed by atoms with Gasteiger partial charge in [-0.3, -0.25) is 0 Å². The number of allylic oxidation sites excluding steroid dienone is 1. The van der Waals surface area contributed by atoms with Gasteiger partial charge < -0.3 is 24.4 Å². The molecule has 1 aromatic carbocycles. The average molecular weight is 334 g/mol. The summed E-state index contributed by atoms with van der Waals surface area (Å²) in [6.07, 6.45) is 7.84. The summed E-state index contributed by atoms with van der Waals surface area (Å²) in [6.45, 7) is 5.81. The van der Waals surface area contributed by atoms with E-state index in [9.17, 15) is 0 Å². The fourth-order valence-corrected chi connectivity index (χ4v) is 2.97. The predicted molar refractivity (Wildman–Crippen MR) is 98.3 cm³/mol. The van der Waals surface area contributed by atoms with E-state index in [2.05, 4.69) is 22.4 Å². The Bertz CT molecular complexity index is 498. The molecule has 0 radical (unpaired) electrons. The van der Waals surface area contributed by atoms with Gasteiger partial charge in [-0.05, 0) is 56.6 Å². The molecule has 5 nitrogen and oxygen atoms in total. The lowest BCUT2D eigenvalue weighted by Gasteiger charge is -2.18. The van der Waals surface area contributed by atoms with Gasteiger partial charge in [0.1, 0.15) is 0 Å². The summed E-state index contributed by atoms with van der Waals surface area (Å²) in [5.41, 5.74) is 1.06. The fourth-order valence-electron chi connectivity index (χ4n) is 2.97. The molecule has 0 amide bonds. The standard InChI is InChI=1S/C19H30N2O3/c1-22-17-14-16(15-18(23-2)19(17)24-3)8-5-4-6-11-21-12-7-9-20-10-13-21/h5,8,14-15,20H,4,6-7,9-13H2,1-3H3. The number of nitrogens with one attached hydrogen (secondary N) is 1. The van der Waals surface area contributed by atoms with Crippen LogP contribution in [-0.2, 0) is 0 Å². The number of hydrogen-bond donors (Lipinski definition) is 1. The van der Waals surface area contributed by atoms with E-state index < -0.39 is 0 Å². The third-order valence-electron chi connectivity index (χ3n) is 4.28. The van der Waals surface area contributed by atoms with E-state index in [1.807, 2.05) is 12.1 Å². The lowest BCUT2D eigenvalue weighted by Crippen LogP contribution is -2.28. The van der Waals surface area contributed by atoms with Gasteiger partial charge in [0, 0.05) is 13.1 Å². The van der Waals surface area contributed by atoms with Gasteiger partial charge in [-0.2, -0.15) is 0 Å². The molecule has 134 valence electrons. The van der Waals surface area contributed by atoms with E-state index in [0.717, 1.165) is 31.6 Å². The Morgan fingerprint density at radius 3 is 2.46 bits per heavy atom. The maximum absolute atomic E-state index is 5.39. The van der Waals surface area contributed by atoms with Crippen LogP contribution in [0.5, 0.6) is 17.2 Å². The highest BCUT2D eigenvalue weighted by Gasteiger charge is 2.12. The second-order valence-electron chi connectivity index (χ2n) is 5.95. The molecule has 5 heteroatoms. The van der Waals surface area contributed by atoms with Gasteiger partial charge in [0.25, 0.3) is 0 Å². The van der Waals surface area contributed by atoms with Crippen molar-refractivity contribution in [1.82, 2.24) is 10.2 Å². The molecular formula is C19H30N2O3. The summed E-state index contributed by atoms with van der Waals surface area (Å²) in [5.74, 6) is 2.01.